The Balaban J connectivity index is 1.51. The number of anilines is 1. The van der Waals surface area contributed by atoms with Crippen LogP contribution in [0.25, 0.3) is 21.8 Å². The summed E-state index contributed by atoms with van der Waals surface area (Å²) in [5.41, 5.74) is 11.6. The number of aromatic nitrogens is 1. The van der Waals surface area contributed by atoms with Gasteiger partial charge in [0.05, 0.1) is 23.4 Å². The van der Waals surface area contributed by atoms with E-state index < -0.39 is 0 Å². The number of benzene rings is 4. The molecule has 32 heavy (non-hydrogen) atoms. The number of fused-ring (bicyclic) bond motifs is 3. The molecule has 0 bridgehead atoms. The number of hydrogen-bond donors (Lipinski definition) is 4. The zero-order valence-electron chi connectivity index (χ0n) is 17.6. The molecule has 6 rings (SSSR count). The predicted octanol–water partition coefficient (Wildman–Crippen LogP) is 5.01. The minimum Gasteiger partial charge on any atom is -0.399 e. The molecule has 5 aromatic rings. The average Bonchev–Trinajstić information content (AvgIpc) is 3.18. The molecule has 1 fully saturated rings. The second kappa shape index (κ2) is 7.80. The maximum absolute atomic E-state index is 6.15. The topological polar surface area (TPSA) is 67.0 Å². The van der Waals surface area contributed by atoms with Gasteiger partial charge in [0.2, 0.25) is 0 Å². The van der Waals surface area contributed by atoms with Gasteiger partial charge in [-0.1, -0.05) is 78.9 Å². The third kappa shape index (κ3) is 3.24. The summed E-state index contributed by atoms with van der Waals surface area (Å²) in [7, 11) is 0. The molecule has 0 radical (unpaired) electrons. The molecule has 4 aromatic carbocycles. The number of nitrogens with zero attached hydrogens (tertiary/aromatic N) is 1. The summed E-state index contributed by atoms with van der Waals surface area (Å²) in [5, 5.41) is 13.6. The lowest BCUT2D eigenvalue weighted by molar-refractivity contribution is 0.161. The summed E-state index contributed by atoms with van der Waals surface area (Å²) >= 11 is 0. The van der Waals surface area contributed by atoms with Gasteiger partial charge in [0.15, 0.2) is 0 Å². The highest BCUT2D eigenvalue weighted by molar-refractivity contribution is 6.09. The largest absolute Gasteiger partial charge is 0.399 e. The van der Waals surface area contributed by atoms with Crippen molar-refractivity contribution in [2.24, 2.45) is 0 Å². The summed E-state index contributed by atoms with van der Waals surface area (Å²) in [6.07, 6.45) is -0.159. The zero-order chi connectivity index (χ0) is 21.5. The van der Waals surface area contributed by atoms with Gasteiger partial charge in [-0.05, 0) is 35.4 Å². The van der Waals surface area contributed by atoms with Crippen molar-refractivity contribution in [3.05, 3.63) is 114 Å². The monoisotopic (exact) mass is 419 g/mol. The van der Waals surface area contributed by atoms with Crippen LogP contribution in [-0.2, 0) is 0 Å². The second-order valence-electron chi connectivity index (χ2n) is 8.25. The van der Waals surface area contributed by atoms with Crippen molar-refractivity contribution in [1.82, 2.24) is 20.5 Å². The number of hydrogen-bond acceptors (Lipinski definition) is 4. The fourth-order valence-corrected chi connectivity index (χ4v) is 4.75. The van der Waals surface area contributed by atoms with Crippen molar-refractivity contribution in [2.45, 2.75) is 18.6 Å². The van der Waals surface area contributed by atoms with E-state index in [9.17, 15) is 0 Å². The summed E-state index contributed by atoms with van der Waals surface area (Å²) in [4.78, 5) is 0. The molecule has 5 N–H and O–H groups in total. The van der Waals surface area contributed by atoms with E-state index in [0.29, 0.717) is 0 Å². The Kier molecular flexibility index (Phi) is 4.65. The summed E-state index contributed by atoms with van der Waals surface area (Å²) in [6.45, 7) is 0. The number of rotatable bonds is 3. The van der Waals surface area contributed by atoms with Gasteiger partial charge in [-0.25, -0.2) is 0 Å². The molecule has 0 amide bonds. The third-order valence-corrected chi connectivity index (χ3v) is 6.24. The highest BCUT2D eigenvalue weighted by atomic mass is 15.4. The van der Waals surface area contributed by atoms with Gasteiger partial charge in [0, 0.05) is 16.5 Å². The molecule has 1 saturated heterocycles. The highest BCUT2D eigenvalue weighted by Gasteiger charge is 2.31. The van der Waals surface area contributed by atoms with Crippen LogP contribution in [0.4, 0.5) is 5.69 Å². The Labute approximate surface area is 186 Å². The van der Waals surface area contributed by atoms with Gasteiger partial charge < -0.3 is 10.3 Å². The molecule has 2 unspecified atom stereocenters. The van der Waals surface area contributed by atoms with Crippen LogP contribution in [0, 0.1) is 0 Å². The Bertz CT molecular complexity index is 1330. The maximum Gasteiger partial charge on any atom is 0.142 e. The summed E-state index contributed by atoms with van der Waals surface area (Å²) in [6, 6.07) is 35.7. The molecular weight excluding hydrogens is 394 g/mol. The van der Waals surface area contributed by atoms with Crippen LogP contribution in [0.5, 0.6) is 0 Å². The lowest BCUT2D eigenvalue weighted by Crippen LogP contribution is -2.56. The van der Waals surface area contributed by atoms with Gasteiger partial charge in [-0.2, -0.15) is 0 Å². The fourth-order valence-electron chi connectivity index (χ4n) is 4.75. The Hall–Kier alpha value is -3.64. The summed E-state index contributed by atoms with van der Waals surface area (Å²) < 4.78 is 2.34. The minimum atomic E-state index is -0.127. The van der Waals surface area contributed by atoms with E-state index in [-0.39, 0.29) is 18.6 Å². The van der Waals surface area contributed by atoms with Crippen LogP contribution >= 0.6 is 0 Å². The van der Waals surface area contributed by atoms with Crippen LogP contribution in [0.15, 0.2) is 103 Å². The molecule has 5 heteroatoms. The summed E-state index contributed by atoms with van der Waals surface area (Å²) in [5.74, 6) is 0. The minimum absolute atomic E-state index is 0.0161. The molecule has 1 aliphatic rings. The molecular formula is C27H25N5. The Morgan fingerprint density at radius 2 is 1.12 bits per heavy atom. The van der Waals surface area contributed by atoms with E-state index in [1.807, 2.05) is 18.2 Å². The number of nitrogens with one attached hydrogen (secondary N) is 3. The Morgan fingerprint density at radius 1 is 0.562 bits per heavy atom. The first-order valence-corrected chi connectivity index (χ1v) is 10.9. The van der Waals surface area contributed by atoms with Crippen molar-refractivity contribution < 1.29 is 0 Å². The van der Waals surface area contributed by atoms with E-state index in [4.69, 9.17) is 5.73 Å². The maximum atomic E-state index is 6.15. The van der Waals surface area contributed by atoms with Crippen LogP contribution < -0.4 is 21.7 Å². The first-order chi connectivity index (χ1) is 15.8. The van der Waals surface area contributed by atoms with Gasteiger partial charge in [0.1, 0.15) is 6.29 Å². The lowest BCUT2D eigenvalue weighted by Gasteiger charge is -2.40. The molecule has 158 valence electrons. The van der Waals surface area contributed by atoms with Crippen molar-refractivity contribution in [3.63, 3.8) is 0 Å². The van der Waals surface area contributed by atoms with Gasteiger partial charge in [-0.15, -0.1) is 0 Å². The average molecular weight is 420 g/mol. The highest BCUT2D eigenvalue weighted by Crippen LogP contribution is 2.34. The number of para-hydroxylation sites is 1. The zero-order valence-corrected chi connectivity index (χ0v) is 17.6. The standard InChI is InChI=1S/C27H25N5/c28-20-15-16-24-22(17-20)21-13-7-8-14-23(21)32(24)27-30-25(18-9-3-1-4-10-18)29-26(31-27)19-11-5-2-6-12-19/h1-17,25-27,29-31H,28H2. The van der Waals surface area contributed by atoms with Crippen LogP contribution in [0.3, 0.4) is 0 Å². The van der Waals surface area contributed by atoms with Crippen LogP contribution in [0.1, 0.15) is 29.7 Å². The van der Waals surface area contributed by atoms with E-state index in [1.54, 1.807) is 0 Å². The smallest absolute Gasteiger partial charge is 0.142 e. The quantitative estimate of drug-likeness (QED) is 0.310. The molecule has 0 aliphatic carbocycles. The van der Waals surface area contributed by atoms with Gasteiger partial charge in [-0.3, -0.25) is 16.0 Å². The lowest BCUT2D eigenvalue weighted by atomic mass is 10.1. The number of nitrogen functional groups attached to an aromatic ring is 1. The fraction of sp³-hybridized carbons (Fsp3) is 0.111. The molecule has 0 spiro atoms. The molecule has 0 saturated carbocycles. The van der Waals surface area contributed by atoms with Crippen LogP contribution in [0.2, 0.25) is 0 Å². The van der Waals surface area contributed by atoms with E-state index in [2.05, 4.69) is 105 Å². The second-order valence-corrected chi connectivity index (χ2v) is 8.25. The van der Waals surface area contributed by atoms with E-state index in [0.717, 1.165) is 16.6 Å². The molecule has 1 aromatic heterocycles. The van der Waals surface area contributed by atoms with Crippen LogP contribution in [-0.4, -0.2) is 4.57 Å². The SMILES string of the molecule is Nc1ccc2c(c1)c1ccccc1n2C1NC(c2ccccc2)NC(c2ccccc2)N1. The normalized spacial score (nSPS) is 21.2. The van der Waals surface area contributed by atoms with Crippen molar-refractivity contribution >= 4 is 27.5 Å². The first-order valence-electron chi connectivity index (χ1n) is 10.9. The Morgan fingerprint density at radius 3 is 1.78 bits per heavy atom. The predicted molar refractivity (Wildman–Crippen MR) is 131 cm³/mol. The van der Waals surface area contributed by atoms with Crippen molar-refractivity contribution in [2.75, 3.05) is 5.73 Å². The number of nitrogens with two attached hydrogens (primary N) is 1. The third-order valence-electron chi connectivity index (χ3n) is 6.24. The molecule has 2 atom stereocenters. The van der Waals surface area contributed by atoms with E-state index >= 15 is 0 Å². The first kappa shape index (κ1) is 19.1. The molecule has 1 aliphatic heterocycles. The van der Waals surface area contributed by atoms with Gasteiger partial charge >= 0.3 is 0 Å². The van der Waals surface area contributed by atoms with Crippen molar-refractivity contribution in [3.8, 4) is 0 Å². The van der Waals surface area contributed by atoms with Crippen molar-refractivity contribution in [1.29, 1.82) is 0 Å². The van der Waals surface area contributed by atoms with E-state index in [1.165, 1.54) is 22.0 Å². The molecule has 5 nitrogen and oxygen atoms in total. The van der Waals surface area contributed by atoms with Gasteiger partial charge in [0.25, 0.3) is 0 Å². The molecule has 2 heterocycles.